The van der Waals surface area contributed by atoms with Crippen LogP contribution in [0.25, 0.3) is 11.1 Å². The maximum Gasteiger partial charge on any atom is 0.160 e. The summed E-state index contributed by atoms with van der Waals surface area (Å²) in [5, 5.41) is 3.95. The highest BCUT2D eigenvalue weighted by Crippen LogP contribution is 2.32. The topological polar surface area (TPSA) is 12.0 Å². The van der Waals surface area contributed by atoms with Gasteiger partial charge in [-0.1, -0.05) is 36.2 Å². The first-order valence-electron chi connectivity index (χ1n) is 6.17. The molecule has 1 nitrogen and oxygen atoms in total. The predicted octanol–water partition coefficient (Wildman–Crippen LogP) is 5.05. The minimum absolute atomic E-state index is 0.167. The minimum atomic E-state index is -0.958. The van der Waals surface area contributed by atoms with Gasteiger partial charge in [-0.3, -0.25) is 0 Å². The van der Waals surface area contributed by atoms with Gasteiger partial charge in [0.1, 0.15) is 0 Å². The molecular formula is C15H13Cl2F2N. The van der Waals surface area contributed by atoms with Crippen LogP contribution in [0.5, 0.6) is 0 Å². The Kier molecular flexibility index (Phi) is 4.97. The lowest BCUT2D eigenvalue weighted by Gasteiger charge is -2.10. The van der Waals surface area contributed by atoms with E-state index in [1.165, 1.54) is 0 Å². The van der Waals surface area contributed by atoms with E-state index in [0.717, 1.165) is 24.2 Å². The Balaban J connectivity index is 2.45. The summed E-state index contributed by atoms with van der Waals surface area (Å²) in [5.41, 5.74) is 2.03. The summed E-state index contributed by atoms with van der Waals surface area (Å²) < 4.78 is 26.4. The molecular weight excluding hydrogens is 303 g/mol. The Morgan fingerprint density at radius 1 is 1.00 bits per heavy atom. The number of hydrogen-bond donors (Lipinski definition) is 1. The first-order chi connectivity index (χ1) is 9.52. The Morgan fingerprint density at radius 2 is 1.70 bits per heavy atom. The molecule has 0 saturated carbocycles. The second-order valence-electron chi connectivity index (χ2n) is 4.33. The molecule has 0 spiro atoms. The normalized spacial score (nSPS) is 10.8. The summed E-state index contributed by atoms with van der Waals surface area (Å²) in [6.07, 6.45) is 0. The van der Waals surface area contributed by atoms with Crippen LogP contribution in [0, 0.1) is 11.6 Å². The molecule has 0 aliphatic carbocycles. The van der Waals surface area contributed by atoms with Crippen LogP contribution in [-0.4, -0.2) is 6.54 Å². The van der Waals surface area contributed by atoms with Crippen molar-refractivity contribution in [2.45, 2.75) is 13.5 Å². The first kappa shape index (κ1) is 15.2. The molecule has 0 atom stereocenters. The van der Waals surface area contributed by atoms with Gasteiger partial charge in [-0.05, 0) is 41.9 Å². The van der Waals surface area contributed by atoms with Crippen LogP contribution in [0.2, 0.25) is 10.0 Å². The maximum atomic E-state index is 13.4. The predicted molar refractivity (Wildman–Crippen MR) is 79.2 cm³/mol. The molecule has 2 aromatic rings. The number of benzene rings is 2. The maximum absolute atomic E-state index is 13.4. The van der Waals surface area contributed by atoms with Crippen molar-refractivity contribution in [2.75, 3.05) is 6.54 Å². The Hall–Kier alpha value is -1.16. The summed E-state index contributed by atoms with van der Waals surface area (Å²) >= 11 is 12.1. The third-order valence-electron chi connectivity index (χ3n) is 2.93. The van der Waals surface area contributed by atoms with Crippen LogP contribution >= 0.6 is 23.2 Å². The van der Waals surface area contributed by atoms with Crippen molar-refractivity contribution in [1.82, 2.24) is 5.32 Å². The third-order valence-corrected chi connectivity index (χ3v) is 3.61. The quantitative estimate of drug-likeness (QED) is 0.779. The zero-order valence-corrected chi connectivity index (χ0v) is 12.3. The Bertz CT molecular complexity index is 630. The van der Waals surface area contributed by atoms with E-state index < -0.39 is 11.6 Å². The minimum Gasteiger partial charge on any atom is -0.313 e. The smallest absolute Gasteiger partial charge is 0.160 e. The average molecular weight is 316 g/mol. The van der Waals surface area contributed by atoms with E-state index in [-0.39, 0.29) is 5.02 Å². The molecule has 0 fully saturated rings. The Labute approximate surface area is 126 Å². The van der Waals surface area contributed by atoms with Crippen molar-refractivity contribution in [3.8, 4) is 11.1 Å². The van der Waals surface area contributed by atoms with Crippen LogP contribution < -0.4 is 5.32 Å². The van der Waals surface area contributed by atoms with Crippen molar-refractivity contribution < 1.29 is 8.78 Å². The second kappa shape index (κ2) is 6.53. The Morgan fingerprint density at radius 3 is 2.40 bits per heavy atom. The van der Waals surface area contributed by atoms with Gasteiger partial charge < -0.3 is 5.32 Å². The molecule has 5 heteroatoms. The second-order valence-corrected chi connectivity index (χ2v) is 5.15. The molecule has 20 heavy (non-hydrogen) atoms. The summed E-state index contributed by atoms with van der Waals surface area (Å²) in [5.74, 6) is -1.88. The number of nitrogens with one attached hydrogen (secondary N) is 1. The lowest BCUT2D eigenvalue weighted by atomic mass is 10.0. The van der Waals surface area contributed by atoms with Gasteiger partial charge >= 0.3 is 0 Å². The molecule has 0 bridgehead atoms. The molecule has 0 unspecified atom stereocenters. The summed E-state index contributed by atoms with van der Waals surface area (Å²) in [6.45, 7) is 3.40. The molecule has 0 aliphatic rings. The van der Waals surface area contributed by atoms with E-state index in [0.29, 0.717) is 22.7 Å². The summed E-state index contributed by atoms with van der Waals surface area (Å²) in [7, 11) is 0. The van der Waals surface area contributed by atoms with Crippen LogP contribution in [0.1, 0.15) is 12.5 Å². The van der Waals surface area contributed by atoms with Crippen molar-refractivity contribution in [1.29, 1.82) is 0 Å². The molecule has 0 saturated heterocycles. The van der Waals surface area contributed by atoms with Gasteiger partial charge in [0.15, 0.2) is 11.6 Å². The average Bonchev–Trinajstić information content (AvgIpc) is 2.42. The van der Waals surface area contributed by atoms with Crippen LogP contribution in [-0.2, 0) is 6.54 Å². The molecule has 0 radical (unpaired) electrons. The zero-order valence-electron chi connectivity index (χ0n) is 10.8. The van der Waals surface area contributed by atoms with E-state index >= 15 is 0 Å². The standard InChI is InChI=1S/C15H13Cl2F2N/c1-2-20-8-10-5-9(3-4-12(10)16)11-6-14(18)15(19)7-13(11)17/h3-7,20H,2,8H2,1H3. The van der Waals surface area contributed by atoms with E-state index in [1.807, 2.05) is 13.0 Å². The molecule has 2 rings (SSSR count). The molecule has 0 aliphatic heterocycles. The fraction of sp³-hybridized carbons (Fsp3) is 0.200. The van der Waals surface area contributed by atoms with E-state index in [9.17, 15) is 8.78 Å². The van der Waals surface area contributed by atoms with Crippen LogP contribution in [0.4, 0.5) is 8.78 Å². The number of rotatable bonds is 4. The van der Waals surface area contributed by atoms with Crippen molar-refractivity contribution in [3.05, 3.63) is 57.6 Å². The van der Waals surface area contributed by atoms with Crippen LogP contribution in [0.15, 0.2) is 30.3 Å². The zero-order chi connectivity index (χ0) is 14.7. The lowest BCUT2D eigenvalue weighted by Crippen LogP contribution is -2.12. The van der Waals surface area contributed by atoms with Crippen molar-refractivity contribution in [2.24, 2.45) is 0 Å². The SMILES string of the molecule is CCNCc1cc(-c2cc(F)c(F)cc2Cl)ccc1Cl. The van der Waals surface area contributed by atoms with Gasteiger partial charge in [-0.15, -0.1) is 0 Å². The van der Waals surface area contributed by atoms with Crippen molar-refractivity contribution >= 4 is 23.2 Å². The highest BCUT2D eigenvalue weighted by molar-refractivity contribution is 6.33. The molecule has 0 aromatic heterocycles. The van der Waals surface area contributed by atoms with Crippen LogP contribution in [0.3, 0.4) is 0 Å². The fourth-order valence-electron chi connectivity index (χ4n) is 1.88. The van der Waals surface area contributed by atoms with Gasteiger partial charge in [0.25, 0.3) is 0 Å². The largest absolute Gasteiger partial charge is 0.313 e. The van der Waals surface area contributed by atoms with Crippen molar-refractivity contribution in [3.63, 3.8) is 0 Å². The van der Waals surface area contributed by atoms with E-state index in [2.05, 4.69) is 5.32 Å². The highest BCUT2D eigenvalue weighted by atomic mass is 35.5. The molecule has 0 amide bonds. The van der Waals surface area contributed by atoms with Gasteiger partial charge in [0.2, 0.25) is 0 Å². The highest BCUT2D eigenvalue weighted by Gasteiger charge is 2.11. The summed E-state index contributed by atoms with van der Waals surface area (Å²) in [4.78, 5) is 0. The first-order valence-corrected chi connectivity index (χ1v) is 6.92. The van der Waals surface area contributed by atoms with Gasteiger partial charge in [0.05, 0.1) is 5.02 Å². The summed E-state index contributed by atoms with van der Waals surface area (Å²) in [6, 6.07) is 7.35. The lowest BCUT2D eigenvalue weighted by molar-refractivity contribution is 0.509. The van der Waals surface area contributed by atoms with E-state index in [4.69, 9.17) is 23.2 Å². The number of hydrogen-bond acceptors (Lipinski definition) is 1. The molecule has 1 N–H and O–H groups in total. The van der Waals surface area contributed by atoms with Gasteiger partial charge in [0, 0.05) is 17.1 Å². The molecule has 2 aromatic carbocycles. The number of halogens is 4. The monoisotopic (exact) mass is 315 g/mol. The molecule has 106 valence electrons. The third kappa shape index (κ3) is 3.29. The fourth-order valence-corrected chi connectivity index (χ4v) is 2.33. The van der Waals surface area contributed by atoms with Gasteiger partial charge in [-0.25, -0.2) is 8.78 Å². The van der Waals surface area contributed by atoms with Gasteiger partial charge in [-0.2, -0.15) is 0 Å². The van der Waals surface area contributed by atoms with E-state index in [1.54, 1.807) is 12.1 Å². The molecule has 0 heterocycles.